The summed E-state index contributed by atoms with van der Waals surface area (Å²) in [7, 11) is 0. The number of hydrogen-bond acceptors (Lipinski definition) is 5. The van der Waals surface area contributed by atoms with E-state index >= 15 is 0 Å². The minimum absolute atomic E-state index is 0.0439. The van der Waals surface area contributed by atoms with E-state index in [1.54, 1.807) is 12.3 Å². The summed E-state index contributed by atoms with van der Waals surface area (Å²) in [5.74, 6) is 0.836. The molecule has 0 saturated heterocycles. The average Bonchev–Trinajstić information content (AvgIpc) is 2.67. The minimum atomic E-state index is -0.377. The van der Waals surface area contributed by atoms with Gasteiger partial charge in [0, 0.05) is 35.9 Å². The lowest BCUT2D eigenvalue weighted by Crippen LogP contribution is -2.10. The fourth-order valence-corrected chi connectivity index (χ4v) is 3.21. The van der Waals surface area contributed by atoms with Gasteiger partial charge in [0.15, 0.2) is 0 Å². The number of hydrogen-bond donors (Lipinski definition) is 0. The highest BCUT2D eigenvalue weighted by molar-refractivity contribution is 5.68. The van der Waals surface area contributed by atoms with Crippen molar-refractivity contribution >= 4 is 0 Å². The lowest BCUT2D eigenvalue weighted by Gasteiger charge is -2.20. The first kappa shape index (κ1) is 16.6. The van der Waals surface area contributed by atoms with Crippen LogP contribution in [0.2, 0.25) is 0 Å². The normalized spacial score (nSPS) is 13.3. The molecule has 1 aliphatic rings. The van der Waals surface area contributed by atoms with E-state index in [2.05, 4.69) is 19.9 Å². The Balaban J connectivity index is 1.68. The molecule has 3 aromatic rings. The second kappa shape index (κ2) is 7.15. The zero-order valence-electron chi connectivity index (χ0n) is 14.6. The van der Waals surface area contributed by atoms with Gasteiger partial charge in [-0.15, -0.1) is 0 Å². The van der Waals surface area contributed by atoms with Crippen LogP contribution < -0.4 is 4.74 Å². The van der Waals surface area contributed by atoms with Crippen molar-refractivity contribution in [3.05, 3.63) is 65.4 Å². The van der Waals surface area contributed by atoms with E-state index in [-0.39, 0.29) is 18.1 Å². The van der Waals surface area contributed by atoms with Crippen LogP contribution in [0.15, 0.2) is 36.8 Å². The molecule has 0 amide bonds. The van der Waals surface area contributed by atoms with Crippen LogP contribution in [0.3, 0.4) is 0 Å². The predicted molar refractivity (Wildman–Crippen MR) is 95.2 cm³/mol. The van der Waals surface area contributed by atoms with E-state index in [1.807, 2.05) is 25.4 Å². The third-order valence-electron chi connectivity index (χ3n) is 4.56. The van der Waals surface area contributed by atoms with Gasteiger partial charge in [0.2, 0.25) is 5.88 Å². The van der Waals surface area contributed by atoms with Crippen LogP contribution in [0.1, 0.15) is 35.6 Å². The van der Waals surface area contributed by atoms with Crippen molar-refractivity contribution in [3.63, 3.8) is 0 Å². The minimum Gasteiger partial charge on any atom is -0.471 e. The number of ether oxygens (including phenoxy) is 1. The molecule has 132 valence electrons. The summed E-state index contributed by atoms with van der Waals surface area (Å²) in [6.07, 6.45) is 9.38. The van der Waals surface area contributed by atoms with Gasteiger partial charge in [-0.2, -0.15) is 0 Å². The van der Waals surface area contributed by atoms with Crippen LogP contribution in [0.25, 0.3) is 11.1 Å². The molecule has 5 nitrogen and oxygen atoms in total. The Morgan fingerprint density at radius 1 is 1.12 bits per heavy atom. The molecule has 3 heterocycles. The number of aromatic nitrogens is 4. The predicted octanol–water partition coefficient (Wildman–Crippen LogP) is 3.84. The van der Waals surface area contributed by atoms with Crippen molar-refractivity contribution in [1.82, 2.24) is 19.9 Å². The van der Waals surface area contributed by atoms with Crippen molar-refractivity contribution < 1.29 is 9.13 Å². The number of halogens is 1. The summed E-state index contributed by atoms with van der Waals surface area (Å²) >= 11 is 0. The quantitative estimate of drug-likeness (QED) is 0.715. The number of nitrogens with zero attached hydrogens (tertiary/aromatic N) is 4. The van der Waals surface area contributed by atoms with E-state index in [1.165, 1.54) is 11.6 Å². The maximum Gasteiger partial charge on any atom is 0.214 e. The number of fused-ring (bicyclic) bond motifs is 1. The van der Waals surface area contributed by atoms with Gasteiger partial charge < -0.3 is 4.74 Å². The average molecular weight is 350 g/mol. The molecule has 0 fully saturated rings. The number of aryl methyl sites for hydroxylation is 2. The molecule has 0 radical (unpaired) electrons. The lowest BCUT2D eigenvalue weighted by atomic mass is 9.90. The van der Waals surface area contributed by atoms with Gasteiger partial charge in [-0.3, -0.25) is 4.98 Å². The molecular formula is C20H19FN4O. The summed E-state index contributed by atoms with van der Waals surface area (Å²) < 4.78 is 19.5. The molecule has 6 heteroatoms. The summed E-state index contributed by atoms with van der Waals surface area (Å²) in [5, 5.41) is 0. The molecule has 0 N–H and O–H groups in total. The first-order chi connectivity index (χ1) is 12.7. The van der Waals surface area contributed by atoms with Crippen molar-refractivity contribution in [2.45, 2.75) is 39.2 Å². The van der Waals surface area contributed by atoms with E-state index < -0.39 is 0 Å². The summed E-state index contributed by atoms with van der Waals surface area (Å²) in [6.45, 7) is 1.91. The Hall–Kier alpha value is -2.89. The molecule has 0 bridgehead atoms. The molecule has 4 rings (SSSR count). The third-order valence-corrected chi connectivity index (χ3v) is 4.56. The molecule has 0 spiro atoms. The van der Waals surface area contributed by atoms with E-state index in [9.17, 15) is 4.39 Å². The zero-order valence-corrected chi connectivity index (χ0v) is 14.6. The largest absolute Gasteiger partial charge is 0.471 e. The zero-order chi connectivity index (χ0) is 17.9. The van der Waals surface area contributed by atoms with E-state index in [0.29, 0.717) is 5.88 Å². The Morgan fingerprint density at radius 2 is 1.92 bits per heavy atom. The summed E-state index contributed by atoms with van der Waals surface area (Å²) in [4.78, 5) is 17.3. The fraction of sp³-hybridized carbons (Fsp3) is 0.300. The monoisotopic (exact) mass is 350 g/mol. The standard InChI is InChI=1S/C20H19FN4O/c1-13-23-10-14(11-24-13)16-9-20(25-18-7-3-2-5-15(16)18)26-12-19-17(21)6-4-8-22-19/h4,6,8-11H,2-3,5,7,12H2,1H3. The Bertz CT molecular complexity index is 928. The van der Waals surface area contributed by atoms with Crippen LogP contribution in [0.5, 0.6) is 5.88 Å². The first-order valence-electron chi connectivity index (χ1n) is 8.75. The second-order valence-electron chi connectivity index (χ2n) is 6.38. The third kappa shape index (κ3) is 3.40. The highest BCUT2D eigenvalue weighted by atomic mass is 19.1. The molecule has 26 heavy (non-hydrogen) atoms. The summed E-state index contributed by atoms with van der Waals surface area (Å²) in [6, 6.07) is 4.84. The molecule has 0 atom stereocenters. The molecule has 1 aliphatic carbocycles. The second-order valence-corrected chi connectivity index (χ2v) is 6.38. The van der Waals surface area contributed by atoms with Gasteiger partial charge in [-0.05, 0) is 55.9 Å². The van der Waals surface area contributed by atoms with Crippen LogP contribution >= 0.6 is 0 Å². The Labute approximate surface area is 151 Å². The molecule has 0 saturated carbocycles. The smallest absolute Gasteiger partial charge is 0.214 e. The lowest BCUT2D eigenvalue weighted by molar-refractivity contribution is 0.281. The maximum absolute atomic E-state index is 13.8. The van der Waals surface area contributed by atoms with Gasteiger partial charge >= 0.3 is 0 Å². The maximum atomic E-state index is 13.8. The van der Waals surface area contributed by atoms with E-state index in [0.717, 1.165) is 48.3 Å². The van der Waals surface area contributed by atoms with Crippen LogP contribution in [0, 0.1) is 12.7 Å². The van der Waals surface area contributed by atoms with Crippen molar-refractivity contribution in [2.75, 3.05) is 0 Å². The summed E-state index contributed by atoms with van der Waals surface area (Å²) in [5.41, 5.74) is 4.55. The van der Waals surface area contributed by atoms with Crippen molar-refractivity contribution in [1.29, 1.82) is 0 Å². The fourth-order valence-electron chi connectivity index (χ4n) is 3.21. The van der Waals surface area contributed by atoms with E-state index in [4.69, 9.17) is 4.74 Å². The molecular weight excluding hydrogens is 331 g/mol. The van der Waals surface area contributed by atoms with Crippen LogP contribution in [0.4, 0.5) is 4.39 Å². The molecule has 0 unspecified atom stereocenters. The highest BCUT2D eigenvalue weighted by Crippen LogP contribution is 2.33. The highest BCUT2D eigenvalue weighted by Gasteiger charge is 2.19. The Morgan fingerprint density at radius 3 is 2.73 bits per heavy atom. The van der Waals surface area contributed by atoms with Crippen LogP contribution in [-0.2, 0) is 19.4 Å². The number of pyridine rings is 2. The van der Waals surface area contributed by atoms with Gasteiger partial charge in [0.25, 0.3) is 0 Å². The molecule has 3 aromatic heterocycles. The van der Waals surface area contributed by atoms with Gasteiger partial charge in [-0.1, -0.05) is 0 Å². The molecule has 0 aromatic carbocycles. The van der Waals surface area contributed by atoms with Crippen molar-refractivity contribution in [2.24, 2.45) is 0 Å². The van der Waals surface area contributed by atoms with Gasteiger partial charge in [0.05, 0.1) is 0 Å². The number of rotatable bonds is 4. The first-order valence-corrected chi connectivity index (χ1v) is 8.75. The van der Waals surface area contributed by atoms with Crippen molar-refractivity contribution in [3.8, 4) is 17.0 Å². The SMILES string of the molecule is Cc1ncc(-c2cc(OCc3ncccc3F)nc3c2CCCC3)cn1. The Kier molecular flexibility index (Phi) is 4.56. The van der Waals surface area contributed by atoms with Gasteiger partial charge in [-0.25, -0.2) is 19.3 Å². The van der Waals surface area contributed by atoms with Gasteiger partial charge in [0.1, 0.15) is 23.9 Å². The topological polar surface area (TPSA) is 60.8 Å². The van der Waals surface area contributed by atoms with Crippen LogP contribution in [-0.4, -0.2) is 19.9 Å². The molecule has 0 aliphatic heterocycles.